The molecule has 0 aromatic heterocycles. The van der Waals surface area contributed by atoms with E-state index in [4.69, 9.17) is 4.74 Å². The number of rotatable bonds is 7. The third-order valence-electron chi connectivity index (χ3n) is 2.98. The molecular formula is C12H22N2O3. The molecule has 1 aliphatic heterocycles. The van der Waals surface area contributed by atoms with E-state index in [2.05, 4.69) is 12.2 Å². The number of hydrogen-bond donors (Lipinski definition) is 1. The van der Waals surface area contributed by atoms with Crippen molar-refractivity contribution in [3.8, 4) is 0 Å². The molecule has 1 aliphatic rings. The molecule has 0 aromatic carbocycles. The van der Waals surface area contributed by atoms with Gasteiger partial charge in [-0.05, 0) is 6.42 Å². The van der Waals surface area contributed by atoms with E-state index >= 15 is 0 Å². The summed E-state index contributed by atoms with van der Waals surface area (Å²) in [5, 5.41) is 2.87. The summed E-state index contributed by atoms with van der Waals surface area (Å²) in [7, 11) is 1.61. The zero-order valence-corrected chi connectivity index (χ0v) is 10.7. The van der Waals surface area contributed by atoms with Crippen molar-refractivity contribution in [2.45, 2.75) is 26.2 Å². The quantitative estimate of drug-likeness (QED) is 0.657. The fourth-order valence-electron chi connectivity index (χ4n) is 1.90. The number of nitrogens with zero attached hydrogens (tertiary/aromatic N) is 1. The maximum absolute atomic E-state index is 11.8. The number of hydrogen-bond acceptors (Lipinski definition) is 3. The van der Waals surface area contributed by atoms with Crippen molar-refractivity contribution >= 4 is 11.8 Å². The van der Waals surface area contributed by atoms with Gasteiger partial charge in [0, 0.05) is 33.2 Å². The van der Waals surface area contributed by atoms with Crippen LogP contribution in [-0.2, 0) is 14.3 Å². The Labute approximate surface area is 102 Å². The van der Waals surface area contributed by atoms with Gasteiger partial charge < -0.3 is 15.0 Å². The van der Waals surface area contributed by atoms with Gasteiger partial charge in [-0.3, -0.25) is 9.59 Å². The summed E-state index contributed by atoms with van der Waals surface area (Å²) in [5.74, 6) is -0.124. The number of unbranched alkanes of at least 4 members (excludes halogenated alkanes) is 1. The van der Waals surface area contributed by atoms with Crippen LogP contribution in [0.2, 0.25) is 0 Å². The normalized spacial score (nSPS) is 19.8. The minimum Gasteiger partial charge on any atom is -0.383 e. The molecule has 0 radical (unpaired) electrons. The van der Waals surface area contributed by atoms with Gasteiger partial charge in [0.15, 0.2) is 0 Å². The second-order valence-electron chi connectivity index (χ2n) is 4.38. The minimum atomic E-state index is -0.184. The summed E-state index contributed by atoms with van der Waals surface area (Å²) in [5.41, 5.74) is 0. The predicted octanol–water partition coefficient (Wildman–Crippen LogP) is 0.398. The van der Waals surface area contributed by atoms with Gasteiger partial charge in [0.1, 0.15) is 0 Å². The Kier molecular flexibility index (Phi) is 5.97. The predicted molar refractivity (Wildman–Crippen MR) is 64.5 cm³/mol. The van der Waals surface area contributed by atoms with Crippen molar-refractivity contribution < 1.29 is 14.3 Å². The summed E-state index contributed by atoms with van der Waals surface area (Å²) in [6.45, 7) is 4.42. The molecule has 1 atom stereocenters. The summed E-state index contributed by atoms with van der Waals surface area (Å²) in [6, 6.07) is 0. The second kappa shape index (κ2) is 7.27. The Morgan fingerprint density at radius 3 is 3.00 bits per heavy atom. The Balaban J connectivity index is 2.31. The van der Waals surface area contributed by atoms with Crippen molar-refractivity contribution in [3.05, 3.63) is 0 Å². The Morgan fingerprint density at radius 1 is 1.59 bits per heavy atom. The SMILES string of the molecule is CCCCNC(=O)C1CC(=O)N(CCOC)C1. The number of likely N-dealkylation sites (tertiary alicyclic amines) is 1. The number of methoxy groups -OCH3 is 1. The van der Waals surface area contributed by atoms with Gasteiger partial charge in [0.05, 0.1) is 12.5 Å². The van der Waals surface area contributed by atoms with Gasteiger partial charge >= 0.3 is 0 Å². The summed E-state index contributed by atoms with van der Waals surface area (Å²) in [6.07, 6.45) is 2.38. The van der Waals surface area contributed by atoms with Crippen LogP contribution in [0, 0.1) is 5.92 Å². The third kappa shape index (κ3) is 4.34. The van der Waals surface area contributed by atoms with Crippen LogP contribution in [0.15, 0.2) is 0 Å². The van der Waals surface area contributed by atoms with Gasteiger partial charge in [0.25, 0.3) is 0 Å². The maximum atomic E-state index is 11.8. The first-order chi connectivity index (χ1) is 8.19. The van der Waals surface area contributed by atoms with Crippen LogP contribution in [0.25, 0.3) is 0 Å². The van der Waals surface area contributed by atoms with Gasteiger partial charge in [-0.15, -0.1) is 0 Å². The highest BCUT2D eigenvalue weighted by atomic mass is 16.5. The Morgan fingerprint density at radius 2 is 2.35 bits per heavy atom. The largest absolute Gasteiger partial charge is 0.383 e. The Hall–Kier alpha value is -1.10. The summed E-state index contributed by atoms with van der Waals surface area (Å²) in [4.78, 5) is 25.1. The first-order valence-electron chi connectivity index (χ1n) is 6.23. The van der Waals surface area contributed by atoms with Crippen LogP contribution in [0.1, 0.15) is 26.2 Å². The molecule has 0 spiro atoms. The summed E-state index contributed by atoms with van der Waals surface area (Å²) < 4.78 is 4.93. The van der Waals surface area contributed by atoms with E-state index in [1.807, 2.05) is 0 Å². The minimum absolute atomic E-state index is 0.00622. The van der Waals surface area contributed by atoms with Crippen LogP contribution in [0.4, 0.5) is 0 Å². The molecule has 1 N–H and O–H groups in total. The molecule has 0 bridgehead atoms. The number of ether oxygens (including phenoxy) is 1. The lowest BCUT2D eigenvalue weighted by Crippen LogP contribution is -2.34. The molecule has 0 aromatic rings. The molecule has 98 valence electrons. The van der Waals surface area contributed by atoms with Crippen LogP contribution < -0.4 is 5.32 Å². The highest BCUT2D eigenvalue weighted by Crippen LogP contribution is 2.17. The number of carbonyl (C=O) groups excluding carboxylic acids is 2. The molecule has 5 heteroatoms. The molecular weight excluding hydrogens is 220 g/mol. The zero-order valence-electron chi connectivity index (χ0n) is 10.7. The van der Waals surface area contributed by atoms with E-state index in [0.29, 0.717) is 32.7 Å². The molecule has 1 heterocycles. The number of nitrogens with one attached hydrogen (secondary N) is 1. The standard InChI is InChI=1S/C12H22N2O3/c1-3-4-5-13-12(16)10-8-11(15)14(9-10)6-7-17-2/h10H,3-9H2,1-2H3,(H,13,16). The van der Waals surface area contributed by atoms with Crippen LogP contribution in [-0.4, -0.2) is 50.1 Å². The fraction of sp³-hybridized carbons (Fsp3) is 0.833. The second-order valence-corrected chi connectivity index (χ2v) is 4.38. The number of carbonyl (C=O) groups is 2. The lowest BCUT2D eigenvalue weighted by molar-refractivity contribution is -0.129. The molecule has 5 nitrogen and oxygen atoms in total. The molecule has 2 amide bonds. The Bertz CT molecular complexity index is 268. The van der Waals surface area contributed by atoms with Crippen molar-refractivity contribution in [2.24, 2.45) is 5.92 Å². The van der Waals surface area contributed by atoms with E-state index in [1.165, 1.54) is 0 Å². The van der Waals surface area contributed by atoms with Gasteiger partial charge in [0.2, 0.25) is 11.8 Å². The van der Waals surface area contributed by atoms with E-state index < -0.39 is 0 Å². The highest BCUT2D eigenvalue weighted by Gasteiger charge is 2.33. The van der Waals surface area contributed by atoms with Gasteiger partial charge in [-0.25, -0.2) is 0 Å². The average Bonchev–Trinajstić information content (AvgIpc) is 2.68. The third-order valence-corrected chi connectivity index (χ3v) is 2.98. The molecule has 1 saturated heterocycles. The molecule has 0 saturated carbocycles. The molecule has 17 heavy (non-hydrogen) atoms. The van der Waals surface area contributed by atoms with Crippen molar-refractivity contribution in [1.82, 2.24) is 10.2 Å². The molecule has 0 aliphatic carbocycles. The maximum Gasteiger partial charge on any atom is 0.225 e. The topological polar surface area (TPSA) is 58.6 Å². The van der Waals surface area contributed by atoms with Crippen molar-refractivity contribution in [2.75, 3.05) is 33.4 Å². The molecule has 1 unspecified atom stereocenters. The van der Waals surface area contributed by atoms with Crippen LogP contribution in [0.3, 0.4) is 0 Å². The van der Waals surface area contributed by atoms with Crippen LogP contribution >= 0.6 is 0 Å². The highest BCUT2D eigenvalue weighted by molar-refractivity contribution is 5.89. The van der Waals surface area contributed by atoms with E-state index in [9.17, 15) is 9.59 Å². The molecule has 1 rings (SSSR count). The van der Waals surface area contributed by atoms with E-state index in [1.54, 1.807) is 12.0 Å². The summed E-state index contributed by atoms with van der Waals surface area (Å²) >= 11 is 0. The number of amides is 2. The zero-order chi connectivity index (χ0) is 12.7. The smallest absolute Gasteiger partial charge is 0.225 e. The van der Waals surface area contributed by atoms with Gasteiger partial charge in [-0.1, -0.05) is 13.3 Å². The monoisotopic (exact) mass is 242 g/mol. The lowest BCUT2D eigenvalue weighted by atomic mass is 10.1. The van der Waals surface area contributed by atoms with Crippen molar-refractivity contribution in [3.63, 3.8) is 0 Å². The average molecular weight is 242 g/mol. The first kappa shape index (κ1) is 14.0. The van der Waals surface area contributed by atoms with E-state index in [0.717, 1.165) is 12.8 Å². The first-order valence-corrected chi connectivity index (χ1v) is 6.23. The van der Waals surface area contributed by atoms with Gasteiger partial charge in [-0.2, -0.15) is 0 Å². The van der Waals surface area contributed by atoms with Crippen LogP contribution in [0.5, 0.6) is 0 Å². The molecule has 1 fully saturated rings. The lowest BCUT2D eigenvalue weighted by Gasteiger charge is -2.15. The van der Waals surface area contributed by atoms with E-state index in [-0.39, 0.29) is 17.7 Å². The fourth-order valence-corrected chi connectivity index (χ4v) is 1.90. The van der Waals surface area contributed by atoms with Crippen molar-refractivity contribution in [1.29, 1.82) is 0 Å².